The zero-order valence-electron chi connectivity index (χ0n) is 17.8. The van der Waals surface area contributed by atoms with Gasteiger partial charge in [-0.3, -0.25) is 14.3 Å². The summed E-state index contributed by atoms with van der Waals surface area (Å²) in [5.74, 6) is -0.0877. The van der Waals surface area contributed by atoms with Crippen LogP contribution in [0.4, 0.5) is 18.9 Å². The summed E-state index contributed by atoms with van der Waals surface area (Å²) >= 11 is 1.19. The predicted molar refractivity (Wildman–Crippen MR) is 122 cm³/mol. The van der Waals surface area contributed by atoms with Crippen LogP contribution >= 0.6 is 11.8 Å². The Morgan fingerprint density at radius 1 is 1.03 bits per heavy atom. The second-order valence-corrected chi connectivity index (χ2v) is 8.02. The molecule has 0 spiro atoms. The first-order chi connectivity index (χ1) is 16.3. The molecule has 2 heterocycles. The summed E-state index contributed by atoms with van der Waals surface area (Å²) in [7, 11) is 0. The molecule has 1 amide bonds. The van der Waals surface area contributed by atoms with Gasteiger partial charge in [0, 0.05) is 23.6 Å². The molecule has 11 heteroatoms. The van der Waals surface area contributed by atoms with Crippen molar-refractivity contribution in [2.45, 2.75) is 18.4 Å². The molecular weight excluding hydrogens is 467 g/mol. The fourth-order valence-corrected chi connectivity index (χ4v) is 3.89. The summed E-state index contributed by atoms with van der Waals surface area (Å²) in [6.07, 6.45) is -1.45. The molecule has 0 atom stereocenters. The van der Waals surface area contributed by atoms with Crippen molar-refractivity contribution in [1.82, 2.24) is 19.7 Å². The molecule has 0 bridgehead atoms. The van der Waals surface area contributed by atoms with E-state index in [2.05, 4.69) is 25.2 Å². The van der Waals surface area contributed by atoms with Crippen molar-refractivity contribution in [3.05, 3.63) is 78.6 Å². The van der Waals surface area contributed by atoms with Crippen LogP contribution in [0.1, 0.15) is 5.56 Å². The summed E-state index contributed by atoms with van der Waals surface area (Å²) < 4.78 is 42.6. The predicted octanol–water partition coefficient (Wildman–Crippen LogP) is 5.27. The van der Waals surface area contributed by atoms with Gasteiger partial charge in [0.05, 0.1) is 11.4 Å². The zero-order valence-corrected chi connectivity index (χ0v) is 18.6. The summed E-state index contributed by atoms with van der Waals surface area (Å²) in [6, 6.07) is 16.3. The number of ether oxygens (including phenoxy) is 1. The fraction of sp³-hybridized carbons (Fsp3) is 0.130. The van der Waals surface area contributed by atoms with Gasteiger partial charge < -0.3 is 10.1 Å². The number of pyridine rings is 1. The van der Waals surface area contributed by atoms with E-state index in [-0.39, 0.29) is 17.4 Å². The van der Waals surface area contributed by atoms with E-state index in [1.165, 1.54) is 23.9 Å². The topological polar surface area (TPSA) is 81.9 Å². The van der Waals surface area contributed by atoms with E-state index in [4.69, 9.17) is 0 Å². The number of hydrogen-bond acceptors (Lipinski definition) is 6. The van der Waals surface area contributed by atoms with Crippen LogP contribution in [0.2, 0.25) is 0 Å². The Hall–Kier alpha value is -3.86. The Morgan fingerprint density at radius 2 is 1.74 bits per heavy atom. The Balaban J connectivity index is 1.50. The first-order valence-corrected chi connectivity index (χ1v) is 11.0. The van der Waals surface area contributed by atoms with E-state index >= 15 is 0 Å². The minimum atomic E-state index is -4.77. The summed E-state index contributed by atoms with van der Waals surface area (Å²) in [4.78, 5) is 16.5. The second kappa shape index (κ2) is 9.96. The first kappa shape index (κ1) is 23.3. The Kier molecular flexibility index (Phi) is 6.82. The third-order valence-corrected chi connectivity index (χ3v) is 5.56. The Morgan fingerprint density at radius 3 is 2.41 bits per heavy atom. The molecule has 0 unspecified atom stereocenters. The molecule has 7 nitrogen and oxygen atoms in total. The van der Waals surface area contributed by atoms with Crippen molar-refractivity contribution >= 4 is 23.4 Å². The lowest BCUT2D eigenvalue weighted by Gasteiger charge is -2.13. The van der Waals surface area contributed by atoms with Crippen molar-refractivity contribution in [3.8, 4) is 22.8 Å². The lowest BCUT2D eigenvalue weighted by atomic mass is 10.2. The summed E-state index contributed by atoms with van der Waals surface area (Å²) in [5, 5.41) is 11.8. The third-order valence-electron chi connectivity index (χ3n) is 4.63. The van der Waals surface area contributed by atoms with Gasteiger partial charge >= 0.3 is 6.36 Å². The average Bonchev–Trinajstić information content (AvgIpc) is 3.23. The standard InChI is InChI=1S/C23H18F3N5O2S/c1-15-4-2-3-5-19(15)31-21(16-10-12-27-13-11-16)29-30-22(31)34-14-20(32)28-17-6-8-18(9-7-17)33-23(24,25)26/h2-13H,14H2,1H3,(H,28,32). The molecule has 34 heavy (non-hydrogen) atoms. The number of aryl methyl sites for hydroxylation is 1. The maximum absolute atomic E-state index is 12.5. The molecule has 0 radical (unpaired) electrons. The minimum absolute atomic E-state index is 0.0150. The van der Waals surface area contributed by atoms with Gasteiger partial charge in [0.25, 0.3) is 0 Å². The van der Waals surface area contributed by atoms with Gasteiger partial charge in [0.2, 0.25) is 5.91 Å². The number of carbonyl (C=O) groups excluding carboxylic acids is 1. The molecule has 0 aliphatic heterocycles. The van der Waals surface area contributed by atoms with Gasteiger partial charge in [0.15, 0.2) is 11.0 Å². The van der Waals surface area contributed by atoms with Gasteiger partial charge in [-0.1, -0.05) is 30.0 Å². The molecule has 0 aliphatic rings. The van der Waals surface area contributed by atoms with E-state index in [0.29, 0.717) is 16.7 Å². The fourth-order valence-electron chi connectivity index (χ4n) is 3.15. The van der Waals surface area contributed by atoms with Crippen LogP contribution in [-0.2, 0) is 4.79 Å². The number of hydrogen-bond donors (Lipinski definition) is 1. The van der Waals surface area contributed by atoms with Crippen LogP contribution in [0.15, 0.2) is 78.2 Å². The Labute approximate surface area is 197 Å². The van der Waals surface area contributed by atoms with Gasteiger partial charge in [-0.2, -0.15) is 0 Å². The lowest BCUT2D eigenvalue weighted by Crippen LogP contribution is -2.17. The van der Waals surface area contributed by atoms with Crippen molar-refractivity contribution in [2.75, 3.05) is 11.1 Å². The van der Waals surface area contributed by atoms with Gasteiger partial charge in [0.1, 0.15) is 5.75 Å². The molecule has 0 saturated carbocycles. The average molecular weight is 485 g/mol. The summed E-state index contributed by atoms with van der Waals surface area (Å²) in [5.41, 5.74) is 3.05. The van der Waals surface area contributed by atoms with Crippen LogP contribution in [0.3, 0.4) is 0 Å². The second-order valence-electron chi connectivity index (χ2n) is 7.07. The van der Waals surface area contributed by atoms with Crippen LogP contribution in [0.25, 0.3) is 17.1 Å². The maximum Gasteiger partial charge on any atom is 0.573 e. The normalized spacial score (nSPS) is 11.3. The van der Waals surface area contributed by atoms with Crippen molar-refractivity contribution in [2.24, 2.45) is 0 Å². The monoisotopic (exact) mass is 485 g/mol. The van der Waals surface area contributed by atoms with Crippen LogP contribution in [0, 0.1) is 6.92 Å². The van der Waals surface area contributed by atoms with Crippen molar-refractivity contribution in [3.63, 3.8) is 0 Å². The molecule has 0 fully saturated rings. The number of benzene rings is 2. The molecule has 174 valence electrons. The molecule has 4 aromatic rings. The number of amides is 1. The van der Waals surface area contributed by atoms with Crippen LogP contribution < -0.4 is 10.1 Å². The number of thioether (sulfide) groups is 1. The van der Waals surface area contributed by atoms with Gasteiger partial charge in [-0.15, -0.1) is 23.4 Å². The highest BCUT2D eigenvalue weighted by Crippen LogP contribution is 2.29. The van der Waals surface area contributed by atoms with Gasteiger partial charge in [-0.05, 0) is 55.0 Å². The van der Waals surface area contributed by atoms with E-state index in [0.717, 1.165) is 28.9 Å². The molecule has 2 aromatic heterocycles. The quantitative estimate of drug-likeness (QED) is 0.359. The summed E-state index contributed by atoms with van der Waals surface area (Å²) in [6.45, 7) is 1.97. The first-order valence-electron chi connectivity index (χ1n) is 10.0. The third kappa shape index (κ3) is 5.73. The smallest absolute Gasteiger partial charge is 0.406 e. The maximum atomic E-state index is 12.5. The highest BCUT2D eigenvalue weighted by molar-refractivity contribution is 7.99. The van der Waals surface area contributed by atoms with E-state index in [1.807, 2.05) is 47.9 Å². The zero-order chi connectivity index (χ0) is 24.1. The largest absolute Gasteiger partial charge is 0.573 e. The van der Waals surface area contributed by atoms with E-state index < -0.39 is 6.36 Å². The highest BCUT2D eigenvalue weighted by atomic mass is 32.2. The van der Waals surface area contributed by atoms with Gasteiger partial charge in [-0.25, -0.2) is 0 Å². The number of carbonyl (C=O) groups is 1. The van der Waals surface area contributed by atoms with Crippen molar-refractivity contribution < 1.29 is 22.7 Å². The van der Waals surface area contributed by atoms with Crippen molar-refractivity contribution in [1.29, 1.82) is 0 Å². The van der Waals surface area contributed by atoms with E-state index in [9.17, 15) is 18.0 Å². The molecule has 4 rings (SSSR count). The number of alkyl halides is 3. The number of nitrogens with zero attached hydrogens (tertiary/aromatic N) is 4. The Bertz CT molecular complexity index is 1280. The molecule has 0 saturated heterocycles. The molecule has 1 N–H and O–H groups in total. The minimum Gasteiger partial charge on any atom is -0.406 e. The number of aromatic nitrogens is 4. The number of rotatable bonds is 7. The van der Waals surface area contributed by atoms with Crippen LogP contribution in [-0.4, -0.2) is 37.8 Å². The number of anilines is 1. The molecule has 2 aromatic carbocycles. The number of halogens is 3. The number of para-hydroxylation sites is 1. The highest BCUT2D eigenvalue weighted by Gasteiger charge is 2.31. The lowest BCUT2D eigenvalue weighted by molar-refractivity contribution is -0.274. The molecular formula is C23H18F3N5O2S. The SMILES string of the molecule is Cc1ccccc1-n1c(SCC(=O)Nc2ccc(OC(F)(F)F)cc2)nnc1-c1ccncc1. The number of nitrogens with one attached hydrogen (secondary N) is 1. The van der Waals surface area contributed by atoms with E-state index in [1.54, 1.807) is 12.4 Å². The van der Waals surface area contributed by atoms with Crippen LogP contribution in [0.5, 0.6) is 5.75 Å². The molecule has 0 aliphatic carbocycles.